The zero-order chi connectivity index (χ0) is 13.8. The molecule has 0 bridgehead atoms. The van der Waals surface area contributed by atoms with E-state index >= 15 is 0 Å². The first kappa shape index (κ1) is 14.1. The van der Waals surface area contributed by atoms with Crippen molar-refractivity contribution in [3.8, 4) is 5.75 Å². The van der Waals surface area contributed by atoms with Crippen LogP contribution in [0.3, 0.4) is 0 Å². The van der Waals surface area contributed by atoms with Gasteiger partial charge in [0.2, 0.25) is 0 Å². The van der Waals surface area contributed by atoms with E-state index in [1.54, 1.807) is 37.4 Å². The molecule has 0 spiro atoms. The van der Waals surface area contributed by atoms with Crippen LogP contribution in [-0.4, -0.2) is 12.9 Å². The van der Waals surface area contributed by atoms with Gasteiger partial charge in [0.05, 0.1) is 12.1 Å². The Hall–Kier alpha value is -1.32. The lowest BCUT2D eigenvalue weighted by Gasteiger charge is -2.07. The first-order valence-electron chi connectivity index (χ1n) is 5.69. The molecule has 0 amide bonds. The van der Waals surface area contributed by atoms with E-state index in [1.165, 1.54) is 0 Å². The second kappa shape index (κ2) is 6.22. The molecule has 0 aromatic heterocycles. The van der Waals surface area contributed by atoms with Gasteiger partial charge in [-0.3, -0.25) is 4.79 Å². The molecular weight excluding hydrogens is 328 g/mol. The number of halogens is 2. The van der Waals surface area contributed by atoms with Crippen molar-refractivity contribution in [3.63, 3.8) is 0 Å². The quantitative estimate of drug-likeness (QED) is 0.606. The fraction of sp³-hybridized carbons (Fsp3) is 0.133. The van der Waals surface area contributed by atoms with Gasteiger partial charge in [0, 0.05) is 16.5 Å². The monoisotopic (exact) mass is 338 g/mol. The van der Waals surface area contributed by atoms with E-state index in [2.05, 4.69) is 15.9 Å². The molecule has 2 nitrogen and oxygen atoms in total. The SMILES string of the molecule is COc1ccc(C(=O)c2cccc(CBr)c2Cl)cc1. The Morgan fingerprint density at radius 1 is 1.21 bits per heavy atom. The number of carbonyl (C=O) groups excluding carboxylic acids is 1. The van der Waals surface area contributed by atoms with Gasteiger partial charge in [0.25, 0.3) is 0 Å². The molecule has 4 heteroatoms. The first-order valence-corrected chi connectivity index (χ1v) is 7.19. The van der Waals surface area contributed by atoms with Crippen LogP contribution in [0.2, 0.25) is 5.02 Å². The molecule has 0 aliphatic heterocycles. The van der Waals surface area contributed by atoms with Crippen LogP contribution < -0.4 is 4.74 Å². The van der Waals surface area contributed by atoms with Crippen molar-refractivity contribution in [1.29, 1.82) is 0 Å². The number of carbonyl (C=O) groups is 1. The summed E-state index contributed by atoms with van der Waals surface area (Å²) in [5.41, 5.74) is 2.01. The van der Waals surface area contributed by atoms with Crippen molar-refractivity contribution in [1.82, 2.24) is 0 Å². The van der Waals surface area contributed by atoms with Gasteiger partial charge < -0.3 is 4.74 Å². The molecule has 0 aliphatic rings. The van der Waals surface area contributed by atoms with Crippen molar-refractivity contribution in [3.05, 3.63) is 64.2 Å². The molecule has 0 saturated heterocycles. The lowest BCUT2D eigenvalue weighted by atomic mass is 10.0. The molecule has 19 heavy (non-hydrogen) atoms. The van der Waals surface area contributed by atoms with Crippen LogP contribution in [-0.2, 0) is 5.33 Å². The zero-order valence-electron chi connectivity index (χ0n) is 10.3. The molecule has 0 unspecified atom stereocenters. The van der Waals surface area contributed by atoms with E-state index in [4.69, 9.17) is 16.3 Å². The Kier molecular flexibility index (Phi) is 4.61. The Balaban J connectivity index is 2.38. The summed E-state index contributed by atoms with van der Waals surface area (Å²) in [6.07, 6.45) is 0. The van der Waals surface area contributed by atoms with Crippen molar-refractivity contribution >= 4 is 33.3 Å². The van der Waals surface area contributed by atoms with Crippen LogP contribution in [0.15, 0.2) is 42.5 Å². The van der Waals surface area contributed by atoms with E-state index < -0.39 is 0 Å². The summed E-state index contributed by atoms with van der Waals surface area (Å²) in [6.45, 7) is 0. The first-order chi connectivity index (χ1) is 9.17. The summed E-state index contributed by atoms with van der Waals surface area (Å²) in [5.74, 6) is 0.632. The second-order valence-electron chi connectivity index (χ2n) is 3.97. The van der Waals surface area contributed by atoms with Crippen LogP contribution in [0, 0.1) is 0 Å². The molecular formula is C15H12BrClO2. The van der Waals surface area contributed by atoms with E-state index in [0.717, 1.165) is 11.3 Å². The Bertz CT molecular complexity index is 594. The minimum absolute atomic E-state index is 0.0875. The number of methoxy groups -OCH3 is 1. The standard InChI is InChI=1S/C15H12BrClO2/c1-19-12-7-5-10(6-8-12)15(18)13-4-2-3-11(9-16)14(13)17/h2-8H,9H2,1H3. The lowest BCUT2D eigenvalue weighted by Crippen LogP contribution is -2.03. The number of ether oxygens (including phenoxy) is 1. The highest BCUT2D eigenvalue weighted by Gasteiger charge is 2.14. The van der Waals surface area contributed by atoms with Gasteiger partial charge >= 0.3 is 0 Å². The topological polar surface area (TPSA) is 26.3 Å². The van der Waals surface area contributed by atoms with Gasteiger partial charge in [-0.2, -0.15) is 0 Å². The fourth-order valence-corrected chi connectivity index (χ4v) is 2.66. The van der Waals surface area contributed by atoms with Crippen molar-refractivity contribution < 1.29 is 9.53 Å². The fourth-order valence-electron chi connectivity index (χ4n) is 1.76. The maximum atomic E-state index is 12.4. The molecule has 98 valence electrons. The predicted octanol–water partition coefficient (Wildman–Crippen LogP) is 4.47. The predicted molar refractivity (Wildman–Crippen MR) is 80.5 cm³/mol. The number of benzene rings is 2. The Labute approximate surface area is 125 Å². The van der Waals surface area contributed by atoms with Crippen LogP contribution in [0.25, 0.3) is 0 Å². The second-order valence-corrected chi connectivity index (χ2v) is 4.91. The minimum atomic E-state index is -0.0875. The van der Waals surface area contributed by atoms with Crippen molar-refractivity contribution in [2.24, 2.45) is 0 Å². The average Bonchev–Trinajstić information content (AvgIpc) is 2.47. The normalized spacial score (nSPS) is 10.3. The summed E-state index contributed by atoms with van der Waals surface area (Å²) >= 11 is 9.59. The highest BCUT2D eigenvalue weighted by Crippen LogP contribution is 2.26. The zero-order valence-corrected chi connectivity index (χ0v) is 12.7. The van der Waals surface area contributed by atoms with E-state index in [-0.39, 0.29) is 5.78 Å². The molecule has 2 aromatic carbocycles. The highest BCUT2D eigenvalue weighted by atomic mass is 79.9. The lowest BCUT2D eigenvalue weighted by molar-refractivity contribution is 0.103. The molecule has 0 atom stereocenters. The minimum Gasteiger partial charge on any atom is -0.497 e. The maximum absolute atomic E-state index is 12.4. The van der Waals surface area contributed by atoms with Gasteiger partial charge in [0.15, 0.2) is 5.78 Å². The summed E-state index contributed by atoms with van der Waals surface area (Å²) in [5, 5.41) is 1.12. The van der Waals surface area contributed by atoms with Gasteiger partial charge in [-0.25, -0.2) is 0 Å². The molecule has 0 heterocycles. The Morgan fingerprint density at radius 3 is 2.47 bits per heavy atom. The van der Waals surface area contributed by atoms with Crippen LogP contribution in [0.4, 0.5) is 0 Å². The summed E-state index contributed by atoms with van der Waals surface area (Å²) < 4.78 is 5.07. The van der Waals surface area contributed by atoms with Gasteiger partial charge in [0.1, 0.15) is 5.75 Å². The van der Waals surface area contributed by atoms with Gasteiger partial charge in [-0.05, 0) is 35.9 Å². The number of ketones is 1. The molecule has 0 N–H and O–H groups in total. The summed E-state index contributed by atoms with van der Waals surface area (Å²) in [7, 11) is 1.59. The van der Waals surface area contributed by atoms with E-state index in [9.17, 15) is 4.79 Å². The van der Waals surface area contributed by atoms with Crippen molar-refractivity contribution in [2.75, 3.05) is 7.11 Å². The molecule has 0 fully saturated rings. The molecule has 2 aromatic rings. The highest BCUT2D eigenvalue weighted by molar-refractivity contribution is 9.08. The van der Waals surface area contributed by atoms with E-state index in [0.29, 0.717) is 21.5 Å². The number of alkyl halides is 1. The van der Waals surface area contributed by atoms with Gasteiger partial charge in [-0.15, -0.1) is 0 Å². The van der Waals surface area contributed by atoms with Crippen LogP contribution in [0.1, 0.15) is 21.5 Å². The number of hydrogen-bond donors (Lipinski definition) is 0. The van der Waals surface area contributed by atoms with Crippen LogP contribution >= 0.6 is 27.5 Å². The summed E-state index contributed by atoms with van der Waals surface area (Å²) in [4.78, 5) is 12.4. The largest absolute Gasteiger partial charge is 0.497 e. The maximum Gasteiger partial charge on any atom is 0.194 e. The average molecular weight is 340 g/mol. The number of hydrogen-bond acceptors (Lipinski definition) is 2. The van der Waals surface area contributed by atoms with Crippen LogP contribution in [0.5, 0.6) is 5.75 Å². The smallest absolute Gasteiger partial charge is 0.194 e. The third kappa shape index (κ3) is 2.99. The molecule has 0 saturated carbocycles. The van der Waals surface area contributed by atoms with Crippen molar-refractivity contribution in [2.45, 2.75) is 5.33 Å². The molecule has 0 radical (unpaired) electrons. The third-order valence-corrected chi connectivity index (χ3v) is 3.87. The Morgan fingerprint density at radius 2 is 1.89 bits per heavy atom. The molecule has 2 rings (SSSR count). The molecule has 0 aliphatic carbocycles. The van der Waals surface area contributed by atoms with E-state index in [1.807, 2.05) is 12.1 Å². The summed E-state index contributed by atoms with van der Waals surface area (Å²) in [6, 6.07) is 12.4. The van der Waals surface area contributed by atoms with Gasteiger partial charge in [-0.1, -0.05) is 39.7 Å². The number of rotatable bonds is 4. The third-order valence-electron chi connectivity index (χ3n) is 2.82.